The lowest BCUT2D eigenvalue weighted by molar-refractivity contribution is 0.759. The minimum absolute atomic E-state index is 0.336. The zero-order valence-electron chi connectivity index (χ0n) is 8.46. The summed E-state index contributed by atoms with van der Waals surface area (Å²) >= 11 is 6.07. The minimum Gasteiger partial charge on any atom is -0.143 e. The first-order valence-corrected chi connectivity index (χ1v) is 7.26. The second kappa shape index (κ2) is 2.83. The van der Waals surface area contributed by atoms with Crippen molar-refractivity contribution in [1.82, 2.24) is 0 Å². The lowest BCUT2D eigenvalue weighted by Gasteiger charge is -2.22. The lowest BCUT2D eigenvalue weighted by atomic mass is 10.1. The number of fused-ring (bicyclic) bond motifs is 3. The molecule has 0 nitrogen and oxygen atoms in total. The maximum absolute atomic E-state index is 2.43. The molecule has 2 atom stereocenters. The highest BCUT2D eigenvalue weighted by Gasteiger charge is 2.48. The summed E-state index contributed by atoms with van der Waals surface area (Å²) in [5.74, 6) is 0. The number of aryl methyl sites for hydroxylation is 1. The highest BCUT2D eigenvalue weighted by Crippen LogP contribution is 2.63. The van der Waals surface area contributed by atoms with Gasteiger partial charge in [0, 0.05) is 19.9 Å². The first kappa shape index (κ1) is 9.37. The van der Waals surface area contributed by atoms with Crippen molar-refractivity contribution in [2.75, 3.05) is 0 Å². The molecule has 0 amide bonds. The van der Waals surface area contributed by atoms with E-state index in [1.807, 2.05) is 34.9 Å². The SMILES string of the molecule is CC1=CC2Sc3cc(C)sc3C2(C)S1. The molecule has 0 saturated carbocycles. The number of thiophene rings is 1. The van der Waals surface area contributed by atoms with Crippen LogP contribution in [0, 0.1) is 6.92 Å². The average molecular weight is 240 g/mol. The van der Waals surface area contributed by atoms with E-state index in [9.17, 15) is 0 Å². The molecule has 2 aliphatic heterocycles. The molecule has 2 aliphatic rings. The van der Waals surface area contributed by atoms with Crippen LogP contribution in [-0.2, 0) is 4.75 Å². The molecule has 74 valence electrons. The van der Waals surface area contributed by atoms with E-state index < -0.39 is 0 Å². The van der Waals surface area contributed by atoms with E-state index >= 15 is 0 Å². The second-order valence-electron chi connectivity index (χ2n) is 4.08. The first-order chi connectivity index (χ1) is 6.59. The third-order valence-corrected chi connectivity index (χ3v) is 7.30. The smallest absolute Gasteiger partial charge is 0.0685 e. The van der Waals surface area contributed by atoms with Crippen molar-refractivity contribution in [3.8, 4) is 0 Å². The van der Waals surface area contributed by atoms with Gasteiger partial charge in [-0.1, -0.05) is 6.08 Å². The molecule has 14 heavy (non-hydrogen) atoms. The van der Waals surface area contributed by atoms with Crippen molar-refractivity contribution < 1.29 is 0 Å². The van der Waals surface area contributed by atoms with Gasteiger partial charge in [-0.05, 0) is 31.7 Å². The fourth-order valence-corrected chi connectivity index (χ4v) is 6.99. The summed E-state index contributed by atoms with van der Waals surface area (Å²) in [4.78, 5) is 6.06. The largest absolute Gasteiger partial charge is 0.143 e. The molecule has 0 fully saturated rings. The quantitative estimate of drug-likeness (QED) is 0.659. The van der Waals surface area contributed by atoms with E-state index in [1.165, 1.54) is 14.7 Å². The standard InChI is InChI=1S/C11H12S3/c1-6-4-8-10(12-6)11(3)9(13-8)5-7(2)14-11/h4-5,9H,1-3H3. The van der Waals surface area contributed by atoms with Crippen LogP contribution >= 0.6 is 34.9 Å². The fraction of sp³-hybridized carbons (Fsp3) is 0.455. The molecule has 0 radical (unpaired) electrons. The zero-order chi connectivity index (χ0) is 9.92. The van der Waals surface area contributed by atoms with Gasteiger partial charge in [0.25, 0.3) is 0 Å². The van der Waals surface area contributed by atoms with Crippen LogP contribution in [-0.4, -0.2) is 5.25 Å². The van der Waals surface area contributed by atoms with Gasteiger partial charge in [-0.2, -0.15) is 0 Å². The summed E-state index contributed by atoms with van der Waals surface area (Å²) in [5.41, 5.74) is 0. The Morgan fingerprint density at radius 2 is 2.14 bits per heavy atom. The molecule has 0 aromatic carbocycles. The van der Waals surface area contributed by atoms with Gasteiger partial charge in [0.05, 0.1) is 4.75 Å². The van der Waals surface area contributed by atoms with E-state index in [-0.39, 0.29) is 0 Å². The molecule has 3 rings (SSSR count). The van der Waals surface area contributed by atoms with Crippen LogP contribution < -0.4 is 0 Å². The third kappa shape index (κ3) is 1.09. The summed E-state index contributed by atoms with van der Waals surface area (Å²) in [7, 11) is 0. The molecule has 2 unspecified atom stereocenters. The molecule has 1 aromatic rings. The summed E-state index contributed by atoms with van der Waals surface area (Å²) in [5, 5.41) is 0.675. The van der Waals surface area contributed by atoms with Crippen LogP contribution in [0.1, 0.15) is 23.6 Å². The number of hydrogen-bond donors (Lipinski definition) is 0. The molecule has 0 spiro atoms. The molecule has 0 bridgehead atoms. The van der Waals surface area contributed by atoms with E-state index in [4.69, 9.17) is 0 Å². The lowest BCUT2D eigenvalue weighted by Crippen LogP contribution is -2.20. The third-order valence-electron chi connectivity index (χ3n) is 2.83. The van der Waals surface area contributed by atoms with Gasteiger partial charge in [-0.15, -0.1) is 34.9 Å². The van der Waals surface area contributed by atoms with Gasteiger partial charge in [-0.25, -0.2) is 0 Å². The Morgan fingerprint density at radius 1 is 1.36 bits per heavy atom. The van der Waals surface area contributed by atoms with Crippen molar-refractivity contribution in [3.63, 3.8) is 0 Å². The van der Waals surface area contributed by atoms with Gasteiger partial charge < -0.3 is 0 Å². The molecular weight excluding hydrogens is 228 g/mol. The predicted molar refractivity (Wildman–Crippen MR) is 67.4 cm³/mol. The van der Waals surface area contributed by atoms with E-state index in [0.717, 1.165) is 0 Å². The maximum Gasteiger partial charge on any atom is 0.0685 e. The first-order valence-electron chi connectivity index (χ1n) is 4.74. The molecule has 1 aromatic heterocycles. The van der Waals surface area contributed by atoms with Crippen molar-refractivity contribution in [1.29, 1.82) is 0 Å². The Bertz CT molecular complexity index is 430. The monoisotopic (exact) mass is 240 g/mol. The maximum atomic E-state index is 2.43. The van der Waals surface area contributed by atoms with Crippen molar-refractivity contribution in [2.45, 2.75) is 35.7 Å². The summed E-state index contributed by atoms with van der Waals surface area (Å²) in [6.07, 6.45) is 2.43. The number of hydrogen-bond acceptors (Lipinski definition) is 3. The average Bonchev–Trinajstić information content (AvgIpc) is 2.61. The highest BCUT2D eigenvalue weighted by atomic mass is 32.2. The van der Waals surface area contributed by atoms with Crippen LogP contribution in [0.3, 0.4) is 0 Å². The minimum atomic E-state index is 0.336. The van der Waals surface area contributed by atoms with Crippen LogP contribution in [0.5, 0.6) is 0 Å². The Hall–Kier alpha value is 0.140. The number of allylic oxidation sites excluding steroid dienone is 1. The molecule has 3 heteroatoms. The van der Waals surface area contributed by atoms with Gasteiger partial charge in [0.2, 0.25) is 0 Å². The molecule has 0 saturated heterocycles. The number of thioether (sulfide) groups is 2. The topological polar surface area (TPSA) is 0 Å². The van der Waals surface area contributed by atoms with E-state index in [2.05, 4.69) is 32.9 Å². The Morgan fingerprint density at radius 3 is 2.93 bits per heavy atom. The van der Waals surface area contributed by atoms with Gasteiger partial charge in [0.15, 0.2) is 0 Å². The van der Waals surface area contributed by atoms with Crippen LogP contribution in [0.15, 0.2) is 21.9 Å². The van der Waals surface area contributed by atoms with Crippen LogP contribution in [0.4, 0.5) is 0 Å². The summed E-state index contributed by atoms with van der Waals surface area (Å²) in [6, 6.07) is 2.35. The molecule has 0 N–H and O–H groups in total. The van der Waals surface area contributed by atoms with Gasteiger partial charge in [0.1, 0.15) is 0 Å². The van der Waals surface area contributed by atoms with Crippen molar-refractivity contribution in [2.24, 2.45) is 0 Å². The van der Waals surface area contributed by atoms with Crippen molar-refractivity contribution >= 4 is 34.9 Å². The second-order valence-corrected chi connectivity index (χ2v) is 8.21. The van der Waals surface area contributed by atoms with Crippen molar-refractivity contribution in [3.05, 3.63) is 26.8 Å². The fourth-order valence-electron chi connectivity index (χ4n) is 2.18. The summed E-state index contributed by atoms with van der Waals surface area (Å²) < 4.78 is 0.336. The Balaban J connectivity index is 2.12. The molecule has 3 heterocycles. The predicted octanol–water partition coefficient (Wildman–Crippen LogP) is 4.40. The molecule has 0 aliphatic carbocycles. The Kier molecular flexibility index (Phi) is 1.90. The van der Waals surface area contributed by atoms with E-state index in [1.54, 1.807) is 4.88 Å². The normalized spacial score (nSPS) is 34.2. The van der Waals surface area contributed by atoms with Crippen LogP contribution in [0.25, 0.3) is 0 Å². The zero-order valence-corrected chi connectivity index (χ0v) is 10.9. The van der Waals surface area contributed by atoms with E-state index in [0.29, 0.717) is 10.00 Å². The Labute approximate surface area is 97.2 Å². The summed E-state index contributed by atoms with van der Waals surface area (Å²) in [6.45, 7) is 6.83. The van der Waals surface area contributed by atoms with Gasteiger partial charge in [-0.3, -0.25) is 0 Å². The number of rotatable bonds is 0. The van der Waals surface area contributed by atoms with Gasteiger partial charge >= 0.3 is 0 Å². The molecular formula is C11H12S3. The van der Waals surface area contributed by atoms with Crippen LogP contribution in [0.2, 0.25) is 0 Å². The highest BCUT2D eigenvalue weighted by molar-refractivity contribution is 8.08.